The van der Waals surface area contributed by atoms with E-state index in [0.29, 0.717) is 0 Å². The number of carbonyl (C=O) groups excluding carboxylic acids is 2. The highest BCUT2D eigenvalue weighted by Gasteiger charge is 2.42. The Hall–Kier alpha value is -0.190. The summed E-state index contributed by atoms with van der Waals surface area (Å²) < 4.78 is 7.05. The standard InChI is InChI=1S/C7H9Cl3O4/c1-3-13-6(12)5(7(8,9)10)14-4(2)11/h5H,3H2,1-2H3. The van der Waals surface area contributed by atoms with Gasteiger partial charge in [-0.05, 0) is 6.92 Å². The first-order chi connectivity index (χ1) is 6.29. The molecule has 0 aliphatic heterocycles. The van der Waals surface area contributed by atoms with Gasteiger partial charge in [-0.2, -0.15) is 0 Å². The molecule has 0 saturated heterocycles. The summed E-state index contributed by atoms with van der Waals surface area (Å²) in [7, 11) is 0. The number of hydrogen-bond acceptors (Lipinski definition) is 4. The van der Waals surface area contributed by atoms with Crippen LogP contribution in [0, 0.1) is 0 Å². The monoisotopic (exact) mass is 262 g/mol. The molecule has 82 valence electrons. The third-order valence-electron chi connectivity index (χ3n) is 1.08. The quantitative estimate of drug-likeness (QED) is 0.576. The molecule has 0 spiro atoms. The number of hydrogen-bond donors (Lipinski definition) is 0. The topological polar surface area (TPSA) is 52.6 Å². The second-order valence-electron chi connectivity index (χ2n) is 2.28. The molecule has 0 aliphatic carbocycles. The van der Waals surface area contributed by atoms with Crippen LogP contribution in [0.2, 0.25) is 0 Å². The molecule has 1 atom stereocenters. The van der Waals surface area contributed by atoms with Crippen LogP contribution < -0.4 is 0 Å². The lowest BCUT2D eigenvalue weighted by Gasteiger charge is -2.21. The number of rotatable bonds is 3. The van der Waals surface area contributed by atoms with Gasteiger partial charge in [0, 0.05) is 6.92 Å². The molecule has 0 rings (SSSR count). The molecule has 0 amide bonds. The molecule has 7 heteroatoms. The Bertz CT molecular complexity index is 223. The van der Waals surface area contributed by atoms with E-state index in [1.165, 1.54) is 0 Å². The van der Waals surface area contributed by atoms with Gasteiger partial charge in [-0.25, -0.2) is 4.79 Å². The third-order valence-corrected chi connectivity index (χ3v) is 1.68. The van der Waals surface area contributed by atoms with Gasteiger partial charge in [0.05, 0.1) is 6.61 Å². The summed E-state index contributed by atoms with van der Waals surface area (Å²) in [4.78, 5) is 21.8. The van der Waals surface area contributed by atoms with Crippen LogP contribution in [0.5, 0.6) is 0 Å². The highest BCUT2D eigenvalue weighted by molar-refractivity contribution is 6.68. The van der Waals surface area contributed by atoms with Gasteiger partial charge in [0.1, 0.15) is 0 Å². The second-order valence-corrected chi connectivity index (χ2v) is 4.65. The van der Waals surface area contributed by atoms with E-state index in [1.807, 2.05) is 0 Å². The SMILES string of the molecule is CCOC(=O)C(OC(C)=O)C(Cl)(Cl)Cl. The zero-order chi connectivity index (χ0) is 11.4. The van der Waals surface area contributed by atoms with Crippen molar-refractivity contribution in [3.63, 3.8) is 0 Å². The summed E-state index contributed by atoms with van der Waals surface area (Å²) in [6, 6.07) is 0. The first-order valence-corrected chi connectivity index (χ1v) is 4.83. The smallest absolute Gasteiger partial charge is 0.352 e. The molecule has 0 aliphatic rings. The van der Waals surface area contributed by atoms with Gasteiger partial charge in [0.25, 0.3) is 0 Å². The fourth-order valence-corrected chi connectivity index (χ4v) is 1.03. The van der Waals surface area contributed by atoms with Crippen molar-refractivity contribution < 1.29 is 19.1 Å². The Balaban J connectivity index is 4.55. The van der Waals surface area contributed by atoms with Crippen molar-refractivity contribution in [3.05, 3.63) is 0 Å². The first-order valence-electron chi connectivity index (χ1n) is 3.69. The maximum Gasteiger partial charge on any atom is 0.352 e. The Morgan fingerprint density at radius 3 is 2.14 bits per heavy atom. The molecule has 0 fully saturated rings. The molecule has 0 saturated carbocycles. The summed E-state index contributed by atoms with van der Waals surface area (Å²) in [5.74, 6) is -1.61. The molecule has 0 bridgehead atoms. The van der Waals surface area contributed by atoms with Gasteiger partial charge in [-0.1, -0.05) is 34.8 Å². The summed E-state index contributed by atoms with van der Waals surface area (Å²) >= 11 is 16.3. The van der Waals surface area contributed by atoms with Crippen LogP contribution in [0.4, 0.5) is 0 Å². The van der Waals surface area contributed by atoms with E-state index in [2.05, 4.69) is 9.47 Å². The van der Waals surface area contributed by atoms with E-state index in [-0.39, 0.29) is 6.61 Å². The minimum Gasteiger partial charge on any atom is -0.463 e. The first kappa shape index (κ1) is 13.8. The number of carbonyl (C=O) groups is 2. The Morgan fingerprint density at radius 2 is 1.86 bits per heavy atom. The zero-order valence-electron chi connectivity index (χ0n) is 7.55. The lowest BCUT2D eigenvalue weighted by molar-refractivity contribution is -0.166. The van der Waals surface area contributed by atoms with Crippen molar-refractivity contribution in [1.82, 2.24) is 0 Å². The predicted molar refractivity (Wildman–Crippen MR) is 52.5 cm³/mol. The van der Waals surface area contributed by atoms with Crippen LogP contribution in [0.3, 0.4) is 0 Å². The third kappa shape index (κ3) is 4.88. The van der Waals surface area contributed by atoms with Crippen molar-refractivity contribution in [3.8, 4) is 0 Å². The van der Waals surface area contributed by atoms with E-state index in [9.17, 15) is 9.59 Å². The van der Waals surface area contributed by atoms with E-state index >= 15 is 0 Å². The fraction of sp³-hybridized carbons (Fsp3) is 0.714. The molecular formula is C7H9Cl3O4. The van der Waals surface area contributed by atoms with E-state index in [0.717, 1.165) is 6.92 Å². The largest absolute Gasteiger partial charge is 0.463 e. The minimum absolute atomic E-state index is 0.108. The Morgan fingerprint density at radius 1 is 1.36 bits per heavy atom. The van der Waals surface area contributed by atoms with Crippen LogP contribution in [0.15, 0.2) is 0 Å². The predicted octanol–water partition coefficient (Wildman–Crippen LogP) is 1.85. The van der Waals surface area contributed by atoms with Crippen molar-refractivity contribution in [2.75, 3.05) is 6.61 Å². The van der Waals surface area contributed by atoms with Crippen LogP contribution in [0.25, 0.3) is 0 Å². The van der Waals surface area contributed by atoms with Crippen molar-refractivity contribution in [1.29, 1.82) is 0 Å². The Labute approximate surface area is 96.4 Å². The summed E-state index contributed by atoms with van der Waals surface area (Å²) in [6.07, 6.45) is -1.54. The lowest BCUT2D eigenvalue weighted by atomic mass is 10.4. The normalized spacial score (nSPS) is 13.2. The van der Waals surface area contributed by atoms with Crippen molar-refractivity contribution in [2.24, 2.45) is 0 Å². The maximum absolute atomic E-state index is 11.2. The van der Waals surface area contributed by atoms with E-state index in [4.69, 9.17) is 34.8 Å². The number of halogens is 3. The van der Waals surface area contributed by atoms with Gasteiger partial charge in [-0.3, -0.25) is 4.79 Å². The van der Waals surface area contributed by atoms with Gasteiger partial charge < -0.3 is 9.47 Å². The summed E-state index contributed by atoms with van der Waals surface area (Å²) in [5, 5.41) is 0. The highest BCUT2D eigenvalue weighted by Crippen LogP contribution is 2.33. The van der Waals surface area contributed by atoms with Gasteiger partial charge in [0.2, 0.25) is 9.90 Å². The molecule has 1 unspecified atom stereocenters. The Kier molecular flexibility index (Phi) is 5.56. The van der Waals surface area contributed by atoms with E-state index in [1.54, 1.807) is 6.92 Å². The van der Waals surface area contributed by atoms with Crippen molar-refractivity contribution in [2.45, 2.75) is 23.7 Å². The average Bonchev–Trinajstić information content (AvgIpc) is 1.98. The maximum atomic E-state index is 11.2. The van der Waals surface area contributed by atoms with Crippen LogP contribution in [-0.2, 0) is 19.1 Å². The van der Waals surface area contributed by atoms with Crippen molar-refractivity contribution >= 4 is 46.7 Å². The molecule has 0 aromatic heterocycles. The van der Waals surface area contributed by atoms with E-state index < -0.39 is 21.8 Å². The van der Waals surface area contributed by atoms with Crippen LogP contribution >= 0.6 is 34.8 Å². The molecular weight excluding hydrogens is 254 g/mol. The van der Waals surface area contributed by atoms with Gasteiger partial charge >= 0.3 is 11.9 Å². The van der Waals surface area contributed by atoms with Gasteiger partial charge in [-0.15, -0.1) is 0 Å². The van der Waals surface area contributed by atoms with Gasteiger partial charge in [0.15, 0.2) is 0 Å². The van der Waals surface area contributed by atoms with Crippen LogP contribution in [0.1, 0.15) is 13.8 Å². The average molecular weight is 264 g/mol. The molecule has 0 aromatic rings. The molecule has 0 heterocycles. The zero-order valence-corrected chi connectivity index (χ0v) is 9.82. The molecule has 0 radical (unpaired) electrons. The molecule has 0 aromatic carbocycles. The molecule has 14 heavy (non-hydrogen) atoms. The number of ether oxygens (including phenoxy) is 2. The molecule has 0 N–H and O–H groups in total. The highest BCUT2D eigenvalue weighted by atomic mass is 35.6. The summed E-state index contributed by atoms with van der Waals surface area (Å²) in [5.41, 5.74) is 0. The fourth-order valence-electron chi connectivity index (χ4n) is 0.632. The summed E-state index contributed by atoms with van der Waals surface area (Å²) in [6.45, 7) is 2.79. The number of esters is 2. The van der Waals surface area contributed by atoms with Crippen LogP contribution in [-0.4, -0.2) is 28.4 Å². The molecule has 4 nitrogen and oxygen atoms in total. The minimum atomic E-state index is -2.03. The second kappa shape index (κ2) is 5.63. The number of alkyl halides is 3. The lowest BCUT2D eigenvalue weighted by Crippen LogP contribution is -2.39.